The topological polar surface area (TPSA) is 94.1 Å². The minimum atomic E-state index is -0.472. The number of fused-ring (bicyclic) bond motifs is 1. The Balaban J connectivity index is 1.65. The molecule has 4 aromatic rings. The van der Waals surface area contributed by atoms with Gasteiger partial charge in [-0.1, -0.05) is 30.3 Å². The summed E-state index contributed by atoms with van der Waals surface area (Å²) in [7, 11) is 0. The van der Waals surface area contributed by atoms with Gasteiger partial charge in [0.1, 0.15) is 4.83 Å². The molecule has 0 bridgehead atoms. The molecule has 3 heterocycles. The summed E-state index contributed by atoms with van der Waals surface area (Å²) in [5, 5.41) is 0.478. The molecule has 3 aromatic heterocycles. The van der Waals surface area contributed by atoms with Crippen molar-refractivity contribution in [3.05, 3.63) is 75.6 Å². The minimum absolute atomic E-state index is 0.179. The summed E-state index contributed by atoms with van der Waals surface area (Å²) in [5.41, 5.74) is 2.47. The number of esters is 1. The molecule has 0 amide bonds. The van der Waals surface area contributed by atoms with Crippen molar-refractivity contribution in [2.75, 3.05) is 6.61 Å². The normalized spacial score (nSPS) is 11.1. The zero-order valence-electron chi connectivity index (χ0n) is 17.4. The van der Waals surface area contributed by atoms with E-state index in [9.17, 15) is 14.4 Å². The molecule has 4 rings (SSSR count). The van der Waals surface area contributed by atoms with Gasteiger partial charge in [0.15, 0.2) is 5.78 Å². The summed E-state index contributed by atoms with van der Waals surface area (Å²) in [6.07, 6.45) is 1.39. The van der Waals surface area contributed by atoms with E-state index in [0.717, 1.165) is 10.4 Å². The molecule has 0 spiro atoms. The van der Waals surface area contributed by atoms with Gasteiger partial charge in [-0.05, 0) is 38.0 Å². The summed E-state index contributed by atoms with van der Waals surface area (Å²) in [6, 6.07) is 11.6. The van der Waals surface area contributed by atoms with E-state index in [4.69, 9.17) is 4.74 Å². The van der Waals surface area contributed by atoms with Gasteiger partial charge < -0.3 is 9.72 Å². The third kappa shape index (κ3) is 3.82. The third-order valence-electron chi connectivity index (χ3n) is 5.09. The fraction of sp³-hybridized carbons (Fsp3) is 0.217. The molecule has 0 saturated carbocycles. The summed E-state index contributed by atoms with van der Waals surface area (Å²) >= 11 is 1.44. The molecule has 0 aliphatic carbocycles. The van der Waals surface area contributed by atoms with Crippen molar-refractivity contribution in [1.29, 1.82) is 0 Å². The second kappa shape index (κ2) is 8.31. The molecule has 7 nitrogen and oxygen atoms in total. The average Bonchev–Trinajstić information content (AvgIpc) is 3.32. The molecule has 1 N–H and O–H groups in total. The van der Waals surface area contributed by atoms with Crippen molar-refractivity contribution in [2.45, 2.75) is 27.3 Å². The molecule has 0 fully saturated rings. The quantitative estimate of drug-likeness (QED) is 0.363. The Labute approximate surface area is 182 Å². The predicted octanol–water partition coefficient (Wildman–Crippen LogP) is 4.13. The number of thiophene rings is 1. The maximum absolute atomic E-state index is 13.0. The van der Waals surface area contributed by atoms with E-state index in [2.05, 4.69) is 9.97 Å². The standard InChI is InChI=1S/C23H21N3O4S/c1-4-30-23(29)19-13(2)20(25-14(19)3)17(27)11-26-12-24-21-16(22(26)28)10-18(31-21)15-8-6-5-7-9-15/h5-10,12,25H,4,11H2,1-3H3. The van der Waals surface area contributed by atoms with Crippen LogP contribution in [0, 0.1) is 13.8 Å². The molecule has 8 heteroatoms. The van der Waals surface area contributed by atoms with E-state index >= 15 is 0 Å². The summed E-state index contributed by atoms with van der Waals surface area (Å²) in [4.78, 5) is 47.0. The van der Waals surface area contributed by atoms with Crippen LogP contribution in [-0.4, -0.2) is 32.9 Å². The van der Waals surface area contributed by atoms with E-state index < -0.39 is 5.97 Å². The van der Waals surface area contributed by atoms with Gasteiger partial charge in [-0.3, -0.25) is 14.2 Å². The van der Waals surface area contributed by atoms with Gasteiger partial charge in [-0.2, -0.15) is 0 Å². The van der Waals surface area contributed by atoms with E-state index in [1.807, 2.05) is 36.4 Å². The van der Waals surface area contributed by atoms with Crippen molar-refractivity contribution in [1.82, 2.24) is 14.5 Å². The van der Waals surface area contributed by atoms with Crippen LogP contribution in [-0.2, 0) is 11.3 Å². The van der Waals surface area contributed by atoms with Crippen LogP contribution in [0.4, 0.5) is 0 Å². The number of ketones is 1. The van der Waals surface area contributed by atoms with Gasteiger partial charge in [-0.25, -0.2) is 9.78 Å². The van der Waals surface area contributed by atoms with Crippen molar-refractivity contribution in [2.24, 2.45) is 0 Å². The lowest BCUT2D eigenvalue weighted by atomic mass is 10.1. The first-order valence-electron chi connectivity index (χ1n) is 9.84. The van der Waals surface area contributed by atoms with Crippen LogP contribution in [0.2, 0.25) is 0 Å². The number of Topliss-reactive ketones (excluding diaryl/α,β-unsaturated/α-hetero) is 1. The number of nitrogens with zero attached hydrogens (tertiary/aromatic N) is 2. The Morgan fingerprint density at radius 2 is 1.94 bits per heavy atom. The lowest BCUT2D eigenvalue weighted by Crippen LogP contribution is -2.24. The van der Waals surface area contributed by atoms with Crippen LogP contribution >= 0.6 is 11.3 Å². The number of nitrogens with one attached hydrogen (secondary N) is 1. The zero-order valence-corrected chi connectivity index (χ0v) is 18.2. The van der Waals surface area contributed by atoms with Gasteiger partial charge in [-0.15, -0.1) is 11.3 Å². The Bertz CT molecular complexity index is 1350. The largest absolute Gasteiger partial charge is 0.462 e. The fourth-order valence-electron chi connectivity index (χ4n) is 3.59. The van der Waals surface area contributed by atoms with E-state index in [1.165, 1.54) is 22.2 Å². The number of aromatic amines is 1. The Kier molecular flexibility index (Phi) is 5.56. The molecule has 0 radical (unpaired) electrons. The highest BCUT2D eigenvalue weighted by molar-refractivity contribution is 7.21. The first kappa shape index (κ1) is 20.7. The number of carbonyl (C=O) groups is 2. The highest BCUT2D eigenvalue weighted by Gasteiger charge is 2.23. The monoisotopic (exact) mass is 435 g/mol. The zero-order chi connectivity index (χ0) is 22.1. The Hall–Kier alpha value is -3.52. The number of carbonyl (C=O) groups excluding carboxylic acids is 2. The van der Waals surface area contributed by atoms with Crippen LogP contribution in [0.5, 0.6) is 0 Å². The van der Waals surface area contributed by atoms with Crippen molar-refractivity contribution >= 4 is 33.3 Å². The molecule has 0 aliphatic rings. The molecule has 158 valence electrons. The Morgan fingerprint density at radius 3 is 2.65 bits per heavy atom. The van der Waals surface area contributed by atoms with Gasteiger partial charge in [0, 0.05) is 10.6 Å². The van der Waals surface area contributed by atoms with Crippen LogP contribution in [0.25, 0.3) is 20.7 Å². The van der Waals surface area contributed by atoms with Gasteiger partial charge in [0.2, 0.25) is 0 Å². The number of benzene rings is 1. The lowest BCUT2D eigenvalue weighted by Gasteiger charge is -2.05. The fourth-order valence-corrected chi connectivity index (χ4v) is 4.58. The molecule has 0 atom stereocenters. The highest BCUT2D eigenvalue weighted by Crippen LogP contribution is 2.30. The number of ether oxygens (including phenoxy) is 1. The number of hydrogen-bond acceptors (Lipinski definition) is 6. The highest BCUT2D eigenvalue weighted by atomic mass is 32.1. The molecule has 1 aromatic carbocycles. The maximum Gasteiger partial charge on any atom is 0.340 e. The summed E-state index contributed by atoms with van der Waals surface area (Å²) < 4.78 is 6.37. The average molecular weight is 436 g/mol. The van der Waals surface area contributed by atoms with Crippen molar-refractivity contribution < 1.29 is 14.3 Å². The van der Waals surface area contributed by atoms with Crippen molar-refractivity contribution in [3.8, 4) is 10.4 Å². The second-order valence-electron chi connectivity index (χ2n) is 7.14. The molecule has 0 aliphatic heterocycles. The molecule has 0 saturated heterocycles. The SMILES string of the molecule is CCOC(=O)c1c(C)[nH]c(C(=O)Cn2cnc3sc(-c4ccccc4)cc3c2=O)c1C. The summed E-state index contributed by atoms with van der Waals surface area (Å²) in [6.45, 7) is 5.20. The lowest BCUT2D eigenvalue weighted by molar-refractivity contribution is 0.0525. The number of hydrogen-bond donors (Lipinski definition) is 1. The van der Waals surface area contributed by atoms with Gasteiger partial charge in [0.05, 0.1) is 36.1 Å². The number of aryl methyl sites for hydroxylation is 1. The second-order valence-corrected chi connectivity index (χ2v) is 8.17. The number of aromatic nitrogens is 3. The van der Waals surface area contributed by atoms with Crippen LogP contribution in [0.3, 0.4) is 0 Å². The first-order chi connectivity index (χ1) is 14.9. The smallest absolute Gasteiger partial charge is 0.340 e. The van der Waals surface area contributed by atoms with Crippen LogP contribution in [0.15, 0.2) is 47.5 Å². The van der Waals surface area contributed by atoms with Crippen LogP contribution in [0.1, 0.15) is 39.0 Å². The first-order valence-corrected chi connectivity index (χ1v) is 10.7. The van der Waals surface area contributed by atoms with Gasteiger partial charge in [0.25, 0.3) is 5.56 Å². The van der Waals surface area contributed by atoms with E-state index in [1.54, 1.807) is 20.8 Å². The third-order valence-corrected chi connectivity index (χ3v) is 6.18. The molecular weight excluding hydrogens is 414 g/mol. The maximum atomic E-state index is 13.0. The Morgan fingerprint density at radius 1 is 1.19 bits per heavy atom. The van der Waals surface area contributed by atoms with Crippen molar-refractivity contribution in [3.63, 3.8) is 0 Å². The van der Waals surface area contributed by atoms with Crippen LogP contribution < -0.4 is 5.56 Å². The number of rotatable bonds is 6. The minimum Gasteiger partial charge on any atom is -0.462 e. The molecular formula is C23H21N3O4S. The molecule has 0 unspecified atom stereocenters. The molecule has 31 heavy (non-hydrogen) atoms. The predicted molar refractivity (Wildman–Crippen MR) is 120 cm³/mol. The van der Waals surface area contributed by atoms with Gasteiger partial charge >= 0.3 is 5.97 Å². The summed E-state index contributed by atoms with van der Waals surface area (Å²) in [5.74, 6) is -0.780. The number of H-pyrrole nitrogens is 1. The van der Waals surface area contributed by atoms with E-state index in [-0.39, 0.29) is 24.5 Å². The van der Waals surface area contributed by atoms with E-state index in [0.29, 0.717) is 32.7 Å².